The van der Waals surface area contributed by atoms with Crippen molar-refractivity contribution in [2.24, 2.45) is 0 Å². The zero-order valence-electron chi connectivity index (χ0n) is 11.1. The van der Waals surface area contributed by atoms with Crippen LogP contribution in [0.15, 0.2) is 36.4 Å². The molecule has 0 aliphatic carbocycles. The summed E-state index contributed by atoms with van der Waals surface area (Å²) in [6.07, 6.45) is 0. The second-order valence-corrected chi connectivity index (χ2v) is 4.14. The quantitative estimate of drug-likeness (QED) is 0.908. The van der Waals surface area contributed by atoms with Crippen molar-refractivity contribution < 1.29 is 19.0 Å². The molecule has 5 nitrogen and oxygen atoms in total. The van der Waals surface area contributed by atoms with E-state index in [2.05, 4.69) is 5.32 Å². The minimum atomic E-state index is -0.563. The maximum Gasteiger partial charge on any atom is 0.255 e. The van der Waals surface area contributed by atoms with Crippen LogP contribution in [0, 0.1) is 17.1 Å². The average Bonchev–Trinajstić information content (AvgIpc) is 2.48. The Balaban J connectivity index is 2.26. The molecule has 6 heteroatoms. The van der Waals surface area contributed by atoms with Gasteiger partial charge >= 0.3 is 0 Å². The van der Waals surface area contributed by atoms with E-state index in [0.29, 0.717) is 0 Å². The number of nitriles is 1. The lowest BCUT2D eigenvalue weighted by molar-refractivity contribution is 0.102. The van der Waals surface area contributed by atoms with E-state index >= 15 is 0 Å². The van der Waals surface area contributed by atoms with E-state index in [1.807, 2.05) is 0 Å². The Bertz CT molecular complexity index is 738. The summed E-state index contributed by atoms with van der Waals surface area (Å²) in [5.41, 5.74) is 0.391. The number of carbonyl (C=O) groups is 1. The number of benzene rings is 2. The summed E-state index contributed by atoms with van der Waals surface area (Å²) in [6, 6.07) is 9.42. The highest BCUT2D eigenvalue weighted by Gasteiger charge is 2.12. The van der Waals surface area contributed by atoms with Gasteiger partial charge in [0.25, 0.3) is 5.91 Å². The van der Waals surface area contributed by atoms with Crippen LogP contribution in [0.4, 0.5) is 10.1 Å². The fraction of sp³-hybridized carbons (Fsp3) is 0.0667. The van der Waals surface area contributed by atoms with Gasteiger partial charge in [-0.3, -0.25) is 4.79 Å². The zero-order valence-corrected chi connectivity index (χ0v) is 11.1. The van der Waals surface area contributed by atoms with E-state index in [-0.39, 0.29) is 28.3 Å². The number of phenols is 1. The number of methoxy groups -OCH3 is 1. The molecule has 0 aliphatic rings. The van der Waals surface area contributed by atoms with Gasteiger partial charge in [-0.15, -0.1) is 0 Å². The number of nitrogens with zero attached hydrogens (tertiary/aromatic N) is 1. The molecule has 106 valence electrons. The first kappa shape index (κ1) is 14.3. The molecular formula is C15H11FN2O3. The lowest BCUT2D eigenvalue weighted by atomic mass is 10.1. The maximum absolute atomic E-state index is 13.0. The van der Waals surface area contributed by atoms with Crippen LogP contribution in [0.5, 0.6) is 11.5 Å². The van der Waals surface area contributed by atoms with Gasteiger partial charge in [0.2, 0.25) is 0 Å². The Morgan fingerprint density at radius 3 is 2.71 bits per heavy atom. The number of ether oxygens (including phenoxy) is 1. The van der Waals surface area contributed by atoms with E-state index in [1.54, 1.807) is 6.07 Å². The average molecular weight is 286 g/mol. The number of halogens is 1. The van der Waals surface area contributed by atoms with Crippen molar-refractivity contribution in [2.45, 2.75) is 0 Å². The fourth-order valence-corrected chi connectivity index (χ4v) is 1.74. The summed E-state index contributed by atoms with van der Waals surface area (Å²) in [6.45, 7) is 0. The van der Waals surface area contributed by atoms with Crippen molar-refractivity contribution in [3.63, 3.8) is 0 Å². The summed E-state index contributed by atoms with van der Waals surface area (Å²) >= 11 is 0. The van der Waals surface area contributed by atoms with Crippen LogP contribution in [-0.4, -0.2) is 18.1 Å². The van der Waals surface area contributed by atoms with Gasteiger partial charge in [0.15, 0.2) is 11.5 Å². The minimum Gasteiger partial charge on any atom is -0.504 e. The minimum absolute atomic E-state index is 0.0149. The molecule has 21 heavy (non-hydrogen) atoms. The zero-order chi connectivity index (χ0) is 15.4. The highest BCUT2D eigenvalue weighted by atomic mass is 19.1. The molecule has 0 radical (unpaired) electrons. The third kappa shape index (κ3) is 3.09. The van der Waals surface area contributed by atoms with Crippen LogP contribution in [0.2, 0.25) is 0 Å². The predicted molar refractivity (Wildman–Crippen MR) is 73.7 cm³/mol. The first-order valence-electron chi connectivity index (χ1n) is 5.93. The summed E-state index contributed by atoms with van der Waals surface area (Å²) in [5, 5.41) is 21.0. The van der Waals surface area contributed by atoms with Crippen molar-refractivity contribution in [1.29, 1.82) is 5.26 Å². The fourth-order valence-electron chi connectivity index (χ4n) is 1.74. The lowest BCUT2D eigenvalue weighted by Gasteiger charge is -2.09. The summed E-state index contributed by atoms with van der Waals surface area (Å²) in [4.78, 5) is 12.1. The first-order valence-corrected chi connectivity index (χ1v) is 5.93. The van der Waals surface area contributed by atoms with Gasteiger partial charge in [-0.2, -0.15) is 5.26 Å². The lowest BCUT2D eigenvalue weighted by Crippen LogP contribution is -2.13. The van der Waals surface area contributed by atoms with E-state index < -0.39 is 11.7 Å². The second kappa shape index (κ2) is 5.92. The van der Waals surface area contributed by atoms with Crippen LogP contribution < -0.4 is 10.1 Å². The molecule has 0 saturated carbocycles. The van der Waals surface area contributed by atoms with Crippen molar-refractivity contribution in [3.05, 3.63) is 53.3 Å². The van der Waals surface area contributed by atoms with Crippen LogP contribution in [-0.2, 0) is 0 Å². The van der Waals surface area contributed by atoms with Gasteiger partial charge in [0.05, 0.1) is 18.4 Å². The van der Waals surface area contributed by atoms with E-state index in [9.17, 15) is 14.3 Å². The van der Waals surface area contributed by atoms with Gasteiger partial charge in [0, 0.05) is 5.56 Å². The highest BCUT2D eigenvalue weighted by molar-refractivity contribution is 6.05. The van der Waals surface area contributed by atoms with Gasteiger partial charge in [0.1, 0.15) is 11.9 Å². The van der Waals surface area contributed by atoms with Crippen molar-refractivity contribution in [3.8, 4) is 17.6 Å². The molecule has 0 unspecified atom stereocenters. The van der Waals surface area contributed by atoms with E-state index in [0.717, 1.165) is 12.1 Å². The molecule has 2 rings (SSSR count). The maximum atomic E-state index is 13.0. The highest BCUT2D eigenvalue weighted by Crippen LogP contribution is 2.26. The second-order valence-electron chi connectivity index (χ2n) is 4.14. The Morgan fingerprint density at radius 1 is 1.33 bits per heavy atom. The summed E-state index contributed by atoms with van der Waals surface area (Å²) in [5.74, 6) is -1.03. The molecule has 0 heterocycles. The van der Waals surface area contributed by atoms with Crippen LogP contribution in [0.3, 0.4) is 0 Å². The van der Waals surface area contributed by atoms with Crippen molar-refractivity contribution >= 4 is 11.6 Å². The van der Waals surface area contributed by atoms with Crippen LogP contribution in [0.25, 0.3) is 0 Å². The SMILES string of the molecule is COc1ccc(C(=O)Nc2ccc(F)cc2C#N)cc1O. The number of hydrogen-bond acceptors (Lipinski definition) is 4. The number of carbonyl (C=O) groups excluding carboxylic acids is 1. The molecule has 0 spiro atoms. The monoisotopic (exact) mass is 286 g/mol. The molecule has 2 N–H and O–H groups in total. The number of nitrogens with one attached hydrogen (secondary N) is 1. The van der Waals surface area contributed by atoms with E-state index in [1.165, 1.54) is 31.4 Å². The molecule has 0 saturated heterocycles. The molecule has 0 aliphatic heterocycles. The third-order valence-corrected chi connectivity index (χ3v) is 2.79. The Morgan fingerprint density at radius 2 is 2.10 bits per heavy atom. The summed E-state index contributed by atoms with van der Waals surface area (Å²) < 4.78 is 17.9. The van der Waals surface area contributed by atoms with Gasteiger partial charge < -0.3 is 15.2 Å². The molecule has 0 bridgehead atoms. The smallest absolute Gasteiger partial charge is 0.255 e. The Kier molecular flexibility index (Phi) is 4.05. The van der Waals surface area contributed by atoms with Crippen molar-refractivity contribution in [1.82, 2.24) is 0 Å². The Labute approximate surface area is 120 Å². The van der Waals surface area contributed by atoms with E-state index in [4.69, 9.17) is 10.00 Å². The van der Waals surface area contributed by atoms with Gasteiger partial charge in [-0.05, 0) is 36.4 Å². The molecule has 0 atom stereocenters. The summed E-state index contributed by atoms with van der Waals surface area (Å²) in [7, 11) is 1.40. The normalized spacial score (nSPS) is 9.76. The number of hydrogen-bond donors (Lipinski definition) is 2. The molecular weight excluding hydrogens is 275 g/mol. The third-order valence-electron chi connectivity index (χ3n) is 2.79. The molecule has 2 aromatic rings. The van der Waals surface area contributed by atoms with Crippen molar-refractivity contribution in [2.75, 3.05) is 12.4 Å². The molecule has 2 aromatic carbocycles. The van der Waals surface area contributed by atoms with Crippen LogP contribution >= 0.6 is 0 Å². The number of anilines is 1. The molecule has 0 fully saturated rings. The molecule has 1 amide bonds. The number of aromatic hydroxyl groups is 1. The topological polar surface area (TPSA) is 82.3 Å². The van der Waals surface area contributed by atoms with Gasteiger partial charge in [-0.1, -0.05) is 0 Å². The number of amides is 1. The predicted octanol–water partition coefficient (Wildman–Crippen LogP) is 2.66. The number of rotatable bonds is 3. The number of phenolic OH excluding ortho intramolecular Hbond substituents is 1. The first-order chi connectivity index (χ1) is 10.0. The molecule has 0 aromatic heterocycles. The standard InChI is InChI=1S/C15H11FN2O3/c1-21-14-5-2-9(7-13(14)19)15(20)18-12-4-3-11(16)6-10(12)8-17/h2-7,19H,1H3,(H,18,20). The van der Waals surface area contributed by atoms with Gasteiger partial charge in [-0.25, -0.2) is 4.39 Å². The van der Waals surface area contributed by atoms with Crippen LogP contribution in [0.1, 0.15) is 15.9 Å². The Hall–Kier alpha value is -3.07. The largest absolute Gasteiger partial charge is 0.504 e.